The first-order valence-corrected chi connectivity index (χ1v) is 6.09. The molecule has 0 radical (unpaired) electrons. The maximum Gasteiger partial charge on any atom is 0.239 e. The number of amides is 2. The minimum atomic E-state index is -1.23. The first kappa shape index (κ1) is 13.9. The van der Waals surface area contributed by atoms with E-state index in [0.717, 1.165) is 0 Å². The monoisotopic (exact) mass is 290 g/mol. The molecule has 102 valence electrons. The summed E-state index contributed by atoms with van der Waals surface area (Å²) in [6.07, 6.45) is 0. The van der Waals surface area contributed by atoms with Gasteiger partial charge in [0, 0.05) is 10.9 Å². The van der Waals surface area contributed by atoms with Gasteiger partial charge in [-0.15, -0.1) is 0 Å². The summed E-state index contributed by atoms with van der Waals surface area (Å²) in [6.45, 7) is 0. The van der Waals surface area contributed by atoms with Crippen molar-refractivity contribution in [1.82, 2.24) is 5.32 Å². The fourth-order valence-electron chi connectivity index (χ4n) is 2.25. The van der Waals surface area contributed by atoms with Crippen molar-refractivity contribution in [2.75, 3.05) is 0 Å². The highest BCUT2D eigenvalue weighted by molar-refractivity contribution is 6.31. The van der Waals surface area contributed by atoms with Crippen LogP contribution in [0, 0.1) is 17.2 Å². The number of nitrogens with one attached hydrogen (secondary N) is 1. The Bertz CT molecular complexity index is 663. The molecule has 1 heterocycles. The molecule has 0 spiro atoms. The molecule has 5 N–H and O–H groups in total. The average Bonchev–Trinajstić information content (AvgIpc) is 2.38. The Morgan fingerprint density at radius 1 is 1.40 bits per heavy atom. The van der Waals surface area contributed by atoms with E-state index in [1.54, 1.807) is 24.3 Å². The minimum Gasteiger partial charge on any atom is -0.384 e. The number of nitriles is 1. The van der Waals surface area contributed by atoms with Gasteiger partial charge in [-0.25, -0.2) is 0 Å². The second-order valence-corrected chi connectivity index (χ2v) is 4.71. The maximum atomic E-state index is 11.9. The van der Waals surface area contributed by atoms with Crippen LogP contribution in [0.15, 0.2) is 35.7 Å². The van der Waals surface area contributed by atoms with E-state index >= 15 is 0 Å². The number of allylic oxidation sites excluding steroid dienone is 1. The van der Waals surface area contributed by atoms with E-state index in [1.807, 2.05) is 6.07 Å². The molecule has 2 amide bonds. The zero-order chi connectivity index (χ0) is 14.9. The summed E-state index contributed by atoms with van der Waals surface area (Å²) in [7, 11) is 0. The normalized spacial score (nSPS) is 22.1. The SMILES string of the molecule is N#CC1=C(N)NC(=O)[C@H](C(N)=O)[C@@H]1c1ccccc1Cl. The third-order valence-corrected chi connectivity index (χ3v) is 3.49. The van der Waals surface area contributed by atoms with Crippen LogP contribution in [0.4, 0.5) is 0 Å². The summed E-state index contributed by atoms with van der Waals surface area (Å²) in [4.78, 5) is 23.5. The quantitative estimate of drug-likeness (QED) is 0.680. The van der Waals surface area contributed by atoms with Gasteiger partial charge in [-0.3, -0.25) is 9.59 Å². The molecule has 0 saturated carbocycles. The topological polar surface area (TPSA) is 122 Å². The molecule has 20 heavy (non-hydrogen) atoms. The van der Waals surface area contributed by atoms with Gasteiger partial charge in [-0.1, -0.05) is 29.8 Å². The Hall–Kier alpha value is -2.52. The number of nitrogens with two attached hydrogens (primary N) is 2. The highest BCUT2D eigenvalue weighted by atomic mass is 35.5. The number of primary amides is 1. The lowest BCUT2D eigenvalue weighted by Crippen LogP contribution is -2.48. The largest absolute Gasteiger partial charge is 0.384 e. The standard InChI is InChI=1S/C13H11ClN4O2/c14-8-4-2-1-3-6(8)9-7(5-15)11(16)18-13(20)10(9)12(17)19/h1-4,9-10H,16H2,(H2,17,19)(H,18,20)/t9-,10+/m1/s1. The predicted octanol–water partition coefficient (Wildman–Crippen LogP) is 0.349. The molecule has 7 heteroatoms. The van der Waals surface area contributed by atoms with Gasteiger partial charge in [0.2, 0.25) is 11.8 Å². The molecule has 1 aliphatic heterocycles. The second-order valence-electron chi connectivity index (χ2n) is 4.31. The van der Waals surface area contributed by atoms with Gasteiger partial charge in [0.25, 0.3) is 0 Å². The second kappa shape index (κ2) is 5.23. The summed E-state index contributed by atoms with van der Waals surface area (Å²) in [6, 6.07) is 8.54. The molecule has 1 aromatic rings. The first-order chi connectivity index (χ1) is 9.47. The summed E-state index contributed by atoms with van der Waals surface area (Å²) < 4.78 is 0. The van der Waals surface area contributed by atoms with E-state index in [2.05, 4.69) is 5.32 Å². The smallest absolute Gasteiger partial charge is 0.239 e. The van der Waals surface area contributed by atoms with Gasteiger partial charge in [-0.05, 0) is 11.6 Å². The molecule has 0 bridgehead atoms. The van der Waals surface area contributed by atoms with Gasteiger partial charge in [-0.2, -0.15) is 5.26 Å². The van der Waals surface area contributed by atoms with Crippen molar-refractivity contribution in [3.05, 3.63) is 46.2 Å². The van der Waals surface area contributed by atoms with Gasteiger partial charge >= 0.3 is 0 Å². The van der Waals surface area contributed by atoms with Crippen molar-refractivity contribution in [2.45, 2.75) is 5.92 Å². The Labute approximate surface area is 120 Å². The fraction of sp³-hybridized carbons (Fsp3) is 0.154. The van der Waals surface area contributed by atoms with Gasteiger partial charge in [0.05, 0.1) is 11.6 Å². The Balaban J connectivity index is 2.68. The van der Waals surface area contributed by atoms with Crippen molar-refractivity contribution in [2.24, 2.45) is 17.4 Å². The van der Waals surface area contributed by atoms with Crippen LogP contribution >= 0.6 is 11.6 Å². The molecular formula is C13H11ClN4O2. The van der Waals surface area contributed by atoms with Gasteiger partial charge in [0.1, 0.15) is 11.7 Å². The average molecular weight is 291 g/mol. The lowest BCUT2D eigenvalue weighted by Gasteiger charge is -2.30. The van der Waals surface area contributed by atoms with Crippen LogP contribution in [-0.4, -0.2) is 11.8 Å². The summed E-state index contributed by atoms with van der Waals surface area (Å²) in [5.41, 5.74) is 11.5. The molecule has 0 saturated heterocycles. The predicted molar refractivity (Wildman–Crippen MR) is 71.8 cm³/mol. The van der Waals surface area contributed by atoms with E-state index in [0.29, 0.717) is 10.6 Å². The van der Waals surface area contributed by atoms with Crippen molar-refractivity contribution in [1.29, 1.82) is 5.26 Å². The molecule has 2 rings (SSSR count). The zero-order valence-corrected chi connectivity index (χ0v) is 11.0. The van der Waals surface area contributed by atoms with Crippen LogP contribution in [0.25, 0.3) is 0 Å². The molecule has 6 nitrogen and oxygen atoms in total. The van der Waals surface area contributed by atoms with E-state index in [-0.39, 0.29) is 11.4 Å². The number of hydrogen-bond donors (Lipinski definition) is 3. The number of benzene rings is 1. The van der Waals surface area contributed by atoms with Crippen LogP contribution < -0.4 is 16.8 Å². The molecule has 0 aromatic heterocycles. The minimum absolute atomic E-state index is 0.0708. The van der Waals surface area contributed by atoms with Crippen LogP contribution in [0.1, 0.15) is 11.5 Å². The Morgan fingerprint density at radius 3 is 2.60 bits per heavy atom. The van der Waals surface area contributed by atoms with Gasteiger partial charge < -0.3 is 16.8 Å². The first-order valence-electron chi connectivity index (χ1n) is 5.71. The highest BCUT2D eigenvalue weighted by Crippen LogP contribution is 2.38. The fourth-order valence-corrected chi connectivity index (χ4v) is 2.50. The molecule has 2 atom stereocenters. The maximum absolute atomic E-state index is 11.9. The molecule has 0 aliphatic carbocycles. The molecule has 1 aliphatic rings. The lowest BCUT2D eigenvalue weighted by atomic mass is 9.77. The highest BCUT2D eigenvalue weighted by Gasteiger charge is 2.42. The number of nitrogens with zero attached hydrogens (tertiary/aromatic N) is 1. The van der Waals surface area contributed by atoms with Crippen molar-refractivity contribution >= 4 is 23.4 Å². The summed E-state index contributed by atoms with van der Waals surface area (Å²) >= 11 is 6.09. The summed E-state index contributed by atoms with van der Waals surface area (Å²) in [5.74, 6) is -3.66. The third kappa shape index (κ3) is 2.19. The Morgan fingerprint density at radius 2 is 2.05 bits per heavy atom. The summed E-state index contributed by atoms with van der Waals surface area (Å²) in [5, 5.41) is 11.9. The number of carbonyl (C=O) groups excluding carboxylic acids is 2. The number of halogens is 1. The van der Waals surface area contributed by atoms with Crippen LogP contribution in [0.3, 0.4) is 0 Å². The van der Waals surface area contributed by atoms with Crippen molar-refractivity contribution in [3.63, 3.8) is 0 Å². The van der Waals surface area contributed by atoms with Crippen molar-refractivity contribution < 1.29 is 9.59 Å². The molecule has 1 aromatic carbocycles. The van der Waals surface area contributed by atoms with E-state index in [4.69, 9.17) is 23.1 Å². The number of hydrogen-bond acceptors (Lipinski definition) is 4. The van der Waals surface area contributed by atoms with Crippen LogP contribution in [0.2, 0.25) is 5.02 Å². The van der Waals surface area contributed by atoms with Crippen molar-refractivity contribution in [3.8, 4) is 6.07 Å². The Kier molecular flexibility index (Phi) is 3.63. The number of rotatable bonds is 2. The lowest BCUT2D eigenvalue weighted by molar-refractivity contribution is -0.134. The molecular weight excluding hydrogens is 280 g/mol. The molecule has 0 fully saturated rings. The third-order valence-electron chi connectivity index (χ3n) is 3.14. The van der Waals surface area contributed by atoms with E-state index in [9.17, 15) is 14.9 Å². The van der Waals surface area contributed by atoms with E-state index < -0.39 is 23.7 Å². The molecule has 0 unspecified atom stereocenters. The number of carbonyl (C=O) groups is 2. The van der Waals surface area contributed by atoms with E-state index in [1.165, 1.54) is 0 Å². The zero-order valence-electron chi connectivity index (χ0n) is 10.3. The van der Waals surface area contributed by atoms with Crippen LogP contribution in [-0.2, 0) is 9.59 Å². The van der Waals surface area contributed by atoms with Gasteiger partial charge in [0.15, 0.2) is 0 Å². The van der Waals surface area contributed by atoms with Crippen LogP contribution in [0.5, 0.6) is 0 Å².